The molecule has 9 N–H and O–H groups in total. The number of carbonyl (C=O) groups is 2. The lowest BCUT2D eigenvalue weighted by Crippen LogP contribution is -2.45. The number of allylic oxidation sites excluding steroid dienone is 4. The topological polar surface area (TPSA) is 299 Å². The highest BCUT2D eigenvalue weighted by Crippen LogP contribution is 2.37. The second kappa shape index (κ2) is 42.4. The van der Waals surface area contributed by atoms with Gasteiger partial charge in [0.2, 0.25) is 0 Å². The highest BCUT2D eigenvalue weighted by Gasteiger charge is 2.42. The number of fused-ring (bicyclic) bond motifs is 4. The molecule has 0 amide bonds. The van der Waals surface area contributed by atoms with Crippen LogP contribution in [0.2, 0.25) is 0 Å². The van der Waals surface area contributed by atoms with Crippen molar-refractivity contribution < 1.29 is 98.2 Å². The molecule has 0 aromatic rings. The summed E-state index contributed by atoms with van der Waals surface area (Å²) in [6.07, 6.45) is 12.4. The first-order valence-corrected chi connectivity index (χ1v) is 36.7. The summed E-state index contributed by atoms with van der Waals surface area (Å²) in [7, 11) is 4.86. The molecule has 5 aliphatic rings. The largest absolute Gasteiger partial charge is 0.458 e. The third-order valence-corrected chi connectivity index (χ3v) is 21.9. The Morgan fingerprint density at radius 1 is 0.454 bits per heavy atom. The maximum atomic E-state index is 13.9. The number of methoxy groups -OCH3 is 3. The smallest absolute Gasteiger partial charge is 0.331 e. The van der Waals surface area contributed by atoms with Crippen LogP contribution in [-0.4, -0.2) is 214 Å². The minimum atomic E-state index is -1.18. The second-order valence-electron chi connectivity index (χ2n) is 30.1. The van der Waals surface area contributed by atoms with Crippen molar-refractivity contribution in [3.8, 4) is 0 Å². The molecular weight excluding hydrogens is 1240 g/mol. The van der Waals surface area contributed by atoms with Crippen LogP contribution in [-0.2, 0) is 52.2 Å². The normalized spacial score (nSPS) is 41.4. The van der Waals surface area contributed by atoms with Gasteiger partial charge >= 0.3 is 11.9 Å². The van der Waals surface area contributed by atoms with E-state index in [-0.39, 0.29) is 93.1 Å². The summed E-state index contributed by atoms with van der Waals surface area (Å²) in [5.74, 6) is -5.62. The van der Waals surface area contributed by atoms with E-state index < -0.39 is 139 Å². The van der Waals surface area contributed by atoms with Gasteiger partial charge < -0.3 is 88.6 Å². The van der Waals surface area contributed by atoms with Crippen LogP contribution < -0.4 is 0 Å². The Morgan fingerprint density at radius 2 is 0.845 bits per heavy atom. The Morgan fingerprint density at radius 3 is 1.24 bits per heavy atom. The lowest BCUT2D eigenvalue weighted by molar-refractivity contribution is -0.158. The fourth-order valence-corrected chi connectivity index (χ4v) is 15.2. The Bertz CT molecular complexity index is 2460. The van der Waals surface area contributed by atoms with Gasteiger partial charge in [-0.25, -0.2) is 9.59 Å². The molecule has 5 aliphatic heterocycles. The second-order valence-corrected chi connectivity index (χ2v) is 30.1. The number of ether oxygens (including phenoxy) is 9. The van der Waals surface area contributed by atoms with Crippen molar-refractivity contribution in [1.82, 2.24) is 0 Å². The lowest BCUT2D eigenvalue weighted by atomic mass is 9.78. The van der Waals surface area contributed by atoms with E-state index in [0.29, 0.717) is 75.4 Å². The first-order valence-electron chi connectivity index (χ1n) is 36.7. The van der Waals surface area contributed by atoms with Crippen LogP contribution in [0, 0.1) is 47.3 Å². The predicted octanol–water partition coefficient (Wildman–Crippen LogP) is 9.45. The van der Waals surface area contributed by atoms with Gasteiger partial charge in [-0.1, -0.05) is 115 Å². The molecule has 0 radical (unpaired) electrons. The van der Waals surface area contributed by atoms with E-state index in [1.54, 1.807) is 61.2 Å². The number of aliphatic hydroxyl groups is 9. The number of hydrogen-bond acceptors (Lipinski definition) is 20. The van der Waals surface area contributed by atoms with Gasteiger partial charge in [-0.3, -0.25) is 0 Å². The summed E-state index contributed by atoms with van der Waals surface area (Å²) in [6, 6.07) is 0. The number of esters is 2. The molecule has 2 fully saturated rings. The van der Waals surface area contributed by atoms with Crippen molar-refractivity contribution in [2.24, 2.45) is 47.3 Å². The van der Waals surface area contributed by atoms with E-state index in [2.05, 4.69) is 0 Å². The minimum Gasteiger partial charge on any atom is -0.458 e. The minimum absolute atomic E-state index is 0.0308. The van der Waals surface area contributed by atoms with E-state index in [1.165, 1.54) is 12.2 Å². The van der Waals surface area contributed by atoms with E-state index >= 15 is 0 Å². The molecule has 5 rings (SSSR count). The first kappa shape index (κ1) is 84.4. The standard InChI is InChI=1S/C77H130O20/c1-44-22-28-56(78)36-59-19-17-21-62(95-59)41-71(91-15)51(8)67(82)43-69(84)53(10)77(55(12)75(88)47(4)27-31-64-39-65(89-13)35-49(6)93-64)97-73(86)33-25-45(2)23-29-57(79)37-60-18-16-20-61(94-60)40-70(90-14)50(7)66(81)42-68(83)52(9)76(96-72(85)32-24-44)54(11)74(87)46(3)26-30-63-38-58(80)34-48(5)92-63/h16-19,22-25,32-33,46-71,74-84,87-88H,20-21,26-31,34-43H2,1-15H3/b32-24-,33-25+,44-22+,45-23-/t46-,47-,48+,49+,50-,51-,52-,53+,54-,55-,56+,57?,58+,59-,60-,61+,62-,63-,64-,65+,66+,67-,68?,69+,70?,71+,74-,75-,76-,77-/m0/s1. The number of rotatable bonds is 15. The first-order chi connectivity index (χ1) is 45.9. The summed E-state index contributed by atoms with van der Waals surface area (Å²) >= 11 is 0. The van der Waals surface area contributed by atoms with E-state index in [0.717, 1.165) is 12.8 Å². The molecule has 20 nitrogen and oxygen atoms in total. The van der Waals surface area contributed by atoms with Gasteiger partial charge in [0.1, 0.15) is 12.2 Å². The molecule has 0 aromatic carbocycles. The summed E-state index contributed by atoms with van der Waals surface area (Å²) in [6.45, 7) is 22.3. The van der Waals surface area contributed by atoms with Crippen LogP contribution >= 0.6 is 0 Å². The maximum absolute atomic E-state index is 13.9. The van der Waals surface area contributed by atoms with E-state index in [9.17, 15) is 55.5 Å². The van der Waals surface area contributed by atoms with Crippen molar-refractivity contribution in [1.29, 1.82) is 0 Å². The molecule has 30 atom stereocenters. The zero-order chi connectivity index (χ0) is 71.8. The predicted molar refractivity (Wildman–Crippen MR) is 373 cm³/mol. The maximum Gasteiger partial charge on any atom is 0.331 e. The Labute approximate surface area is 581 Å². The van der Waals surface area contributed by atoms with Gasteiger partial charge in [0, 0.05) is 94.7 Å². The SMILES string of the molecule is COC1C[C@H]2CC=C[C@@H](CC(O)C/C=C(C)\C=C\C(=O)O[C@H]([C@@H](C)[C@@H](O)[C@@H](C)CC[C@H]3C[C@H](OC)C[C@@H](C)O3)[C@H](C)[C@H](O)C[C@H](O)[C@H](C)[C@H](OC)C[C@@H]3CC=C[C@@H](C[C@H](O)C/C=C(C)/C=C\C(=O)O[C@H]([C@@H](C)[C@@H](O)[C@@H](C)CC[C@H]4C[C@H](O)C[C@@H](C)O4)[C@@H](C)C(O)C[C@@H](O)[C@@H]1C)O3)O2. The van der Waals surface area contributed by atoms with Gasteiger partial charge in [0.05, 0.1) is 122 Å². The quantitative estimate of drug-likeness (QED) is 0.0544. The van der Waals surface area contributed by atoms with Crippen molar-refractivity contribution in [3.05, 3.63) is 71.9 Å². The third-order valence-electron chi connectivity index (χ3n) is 21.9. The van der Waals surface area contributed by atoms with Crippen LogP contribution in [0.5, 0.6) is 0 Å². The number of aliphatic hydroxyl groups excluding tert-OH is 9. The van der Waals surface area contributed by atoms with Crippen LogP contribution in [0.3, 0.4) is 0 Å². The molecule has 5 heterocycles. The molecule has 0 aromatic heterocycles. The van der Waals surface area contributed by atoms with Gasteiger partial charge in [0.25, 0.3) is 0 Å². The third kappa shape index (κ3) is 28.1. The molecule has 0 saturated carbocycles. The van der Waals surface area contributed by atoms with Crippen LogP contribution in [0.25, 0.3) is 0 Å². The Hall–Kier alpha value is -3.26. The van der Waals surface area contributed by atoms with Crippen LogP contribution in [0.4, 0.5) is 0 Å². The molecular formula is C77H130O20. The van der Waals surface area contributed by atoms with Gasteiger partial charge in [-0.2, -0.15) is 0 Å². The van der Waals surface area contributed by atoms with Gasteiger partial charge in [0.15, 0.2) is 0 Å². The van der Waals surface area contributed by atoms with Crippen molar-refractivity contribution in [2.75, 3.05) is 21.3 Å². The molecule has 97 heavy (non-hydrogen) atoms. The van der Waals surface area contributed by atoms with Gasteiger partial charge in [-0.15, -0.1) is 0 Å². The Balaban J connectivity index is 1.36. The zero-order valence-electron chi connectivity index (χ0n) is 61.3. The van der Waals surface area contributed by atoms with Gasteiger partial charge in [-0.05, 0) is 129 Å². The fraction of sp³-hybridized carbons (Fsp3) is 0.818. The molecule has 4 bridgehead atoms. The van der Waals surface area contributed by atoms with Crippen LogP contribution in [0.1, 0.15) is 199 Å². The summed E-state index contributed by atoms with van der Waals surface area (Å²) in [4.78, 5) is 27.8. The molecule has 0 aliphatic carbocycles. The van der Waals surface area contributed by atoms with Crippen molar-refractivity contribution >= 4 is 11.9 Å². The van der Waals surface area contributed by atoms with Crippen molar-refractivity contribution in [3.63, 3.8) is 0 Å². The van der Waals surface area contributed by atoms with E-state index in [1.807, 2.05) is 91.8 Å². The average molecular weight is 1380 g/mol. The summed E-state index contributed by atoms with van der Waals surface area (Å²) in [5.41, 5.74) is 1.37. The number of cyclic esters (lactones) is 2. The van der Waals surface area contributed by atoms with E-state index in [4.69, 9.17) is 42.6 Å². The van der Waals surface area contributed by atoms with Crippen molar-refractivity contribution in [2.45, 2.75) is 333 Å². The highest BCUT2D eigenvalue weighted by molar-refractivity contribution is 5.83. The number of carbonyl (C=O) groups excluding carboxylic acids is 2. The number of hydrogen-bond donors (Lipinski definition) is 9. The average Bonchev–Trinajstić information content (AvgIpc) is 0.857. The van der Waals surface area contributed by atoms with Crippen LogP contribution in [0.15, 0.2) is 71.9 Å². The highest BCUT2D eigenvalue weighted by atomic mass is 16.6. The summed E-state index contributed by atoms with van der Waals surface area (Å²) in [5, 5.41) is 105. The fourth-order valence-electron chi connectivity index (χ4n) is 15.2. The molecule has 0 spiro atoms. The molecule has 558 valence electrons. The lowest BCUT2D eigenvalue weighted by Gasteiger charge is -2.38. The molecule has 2 saturated heterocycles. The Kier molecular flexibility index (Phi) is 36.9. The molecule has 3 unspecified atom stereocenters. The monoisotopic (exact) mass is 1370 g/mol. The molecule has 20 heteroatoms. The summed E-state index contributed by atoms with van der Waals surface area (Å²) < 4.78 is 55.4. The zero-order valence-corrected chi connectivity index (χ0v) is 61.3.